The molecule has 0 spiro atoms. The molecule has 0 saturated heterocycles. The highest BCUT2D eigenvalue weighted by Crippen LogP contribution is 2.26. The van der Waals surface area contributed by atoms with Gasteiger partial charge in [0.25, 0.3) is 0 Å². The van der Waals surface area contributed by atoms with Crippen LogP contribution in [-0.2, 0) is 16.0 Å². The molecule has 1 aromatic heterocycles. The van der Waals surface area contributed by atoms with Crippen LogP contribution < -0.4 is 10.1 Å². The molecule has 1 heterocycles. The van der Waals surface area contributed by atoms with Gasteiger partial charge in [0.1, 0.15) is 22.4 Å². The van der Waals surface area contributed by atoms with Crippen LogP contribution >= 0.6 is 11.3 Å². The van der Waals surface area contributed by atoms with Crippen molar-refractivity contribution in [2.24, 2.45) is 0 Å². The molecule has 3 rings (SSSR count). The first-order chi connectivity index (χ1) is 14.4. The molecule has 0 aliphatic carbocycles. The second kappa shape index (κ2) is 9.45. The summed E-state index contributed by atoms with van der Waals surface area (Å²) in [5, 5.41) is 13.9. The third-order valence-electron chi connectivity index (χ3n) is 4.13. The van der Waals surface area contributed by atoms with Crippen LogP contribution in [0.4, 0.5) is 8.78 Å². The van der Waals surface area contributed by atoms with Crippen molar-refractivity contribution in [1.29, 1.82) is 0 Å². The van der Waals surface area contributed by atoms with Crippen molar-refractivity contribution < 1.29 is 28.2 Å². The van der Waals surface area contributed by atoms with E-state index in [2.05, 4.69) is 10.3 Å². The van der Waals surface area contributed by atoms with Crippen molar-refractivity contribution in [2.45, 2.75) is 19.4 Å². The van der Waals surface area contributed by atoms with Gasteiger partial charge in [-0.05, 0) is 49.4 Å². The SMILES string of the molecule is CCOc1ccc(-c2nc(CC(=O)NC(C(=O)O)c3cc(F)ccc3F)cs2)cc1. The van der Waals surface area contributed by atoms with Crippen LogP contribution in [0.2, 0.25) is 0 Å². The number of thiazole rings is 1. The average Bonchev–Trinajstić information content (AvgIpc) is 3.17. The Morgan fingerprint density at radius 3 is 2.60 bits per heavy atom. The number of carboxylic acids is 1. The molecule has 0 aliphatic heterocycles. The normalized spacial score (nSPS) is 11.7. The van der Waals surface area contributed by atoms with E-state index in [1.807, 2.05) is 31.2 Å². The van der Waals surface area contributed by atoms with Gasteiger partial charge in [0.05, 0.1) is 18.7 Å². The monoisotopic (exact) mass is 432 g/mol. The second-order valence-corrected chi connectivity index (χ2v) is 7.14. The second-order valence-electron chi connectivity index (χ2n) is 6.28. The van der Waals surface area contributed by atoms with E-state index in [1.54, 1.807) is 5.38 Å². The predicted octanol–water partition coefficient (Wildman–Crippen LogP) is 3.97. The number of hydrogen-bond acceptors (Lipinski definition) is 5. The molecular formula is C21H18F2N2O4S. The number of hydrogen-bond donors (Lipinski definition) is 2. The molecular weight excluding hydrogens is 414 g/mol. The van der Waals surface area contributed by atoms with Crippen molar-refractivity contribution >= 4 is 23.2 Å². The Hall–Kier alpha value is -3.33. The zero-order valence-electron chi connectivity index (χ0n) is 15.9. The zero-order valence-corrected chi connectivity index (χ0v) is 16.7. The van der Waals surface area contributed by atoms with Gasteiger partial charge in [0.15, 0.2) is 6.04 Å². The number of ether oxygens (including phenoxy) is 1. The molecule has 156 valence electrons. The number of halogens is 2. The zero-order chi connectivity index (χ0) is 21.7. The number of nitrogens with zero attached hydrogens (tertiary/aromatic N) is 1. The Balaban J connectivity index is 1.69. The molecule has 2 aromatic carbocycles. The van der Waals surface area contributed by atoms with Crippen molar-refractivity contribution in [3.63, 3.8) is 0 Å². The third-order valence-corrected chi connectivity index (χ3v) is 5.07. The summed E-state index contributed by atoms with van der Waals surface area (Å²) in [7, 11) is 0. The number of carboxylic acid groups (broad SMARTS) is 1. The maximum atomic E-state index is 13.9. The Labute approximate surface area is 175 Å². The van der Waals surface area contributed by atoms with Crippen LogP contribution in [0.1, 0.15) is 24.2 Å². The Bertz CT molecular complexity index is 1050. The third kappa shape index (κ3) is 5.18. The molecule has 1 atom stereocenters. The molecule has 0 aliphatic rings. The van der Waals surface area contributed by atoms with E-state index >= 15 is 0 Å². The Kier molecular flexibility index (Phi) is 6.73. The van der Waals surface area contributed by atoms with Gasteiger partial charge >= 0.3 is 5.97 Å². The molecule has 30 heavy (non-hydrogen) atoms. The smallest absolute Gasteiger partial charge is 0.331 e. The highest BCUT2D eigenvalue weighted by Gasteiger charge is 2.26. The molecule has 6 nitrogen and oxygen atoms in total. The van der Waals surface area contributed by atoms with Crippen molar-refractivity contribution in [2.75, 3.05) is 6.61 Å². The number of carbonyl (C=O) groups is 2. The van der Waals surface area contributed by atoms with Crippen LogP contribution in [0.3, 0.4) is 0 Å². The largest absolute Gasteiger partial charge is 0.494 e. The number of carbonyl (C=O) groups excluding carboxylic acids is 1. The lowest BCUT2D eigenvalue weighted by molar-refractivity contribution is -0.142. The number of aromatic nitrogens is 1. The Morgan fingerprint density at radius 2 is 1.93 bits per heavy atom. The maximum absolute atomic E-state index is 13.9. The first-order valence-electron chi connectivity index (χ1n) is 9.02. The summed E-state index contributed by atoms with van der Waals surface area (Å²) in [6, 6.07) is 8.06. The van der Waals surface area contributed by atoms with Gasteiger partial charge in [-0.25, -0.2) is 18.6 Å². The molecule has 2 N–H and O–H groups in total. The number of amides is 1. The van der Waals surface area contributed by atoms with Gasteiger partial charge in [0, 0.05) is 16.5 Å². The molecule has 0 radical (unpaired) electrons. The van der Waals surface area contributed by atoms with E-state index in [0.717, 1.165) is 29.5 Å². The van der Waals surface area contributed by atoms with Gasteiger partial charge in [0.2, 0.25) is 5.91 Å². The minimum atomic E-state index is -1.71. The maximum Gasteiger partial charge on any atom is 0.331 e. The molecule has 1 amide bonds. The minimum Gasteiger partial charge on any atom is -0.494 e. The summed E-state index contributed by atoms with van der Waals surface area (Å²) in [6.07, 6.45) is -0.200. The summed E-state index contributed by atoms with van der Waals surface area (Å²) in [5.41, 5.74) is 0.829. The van der Waals surface area contributed by atoms with E-state index in [1.165, 1.54) is 11.3 Å². The summed E-state index contributed by atoms with van der Waals surface area (Å²) in [4.78, 5) is 28.2. The Morgan fingerprint density at radius 1 is 1.20 bits per heavy atom. The van der Waals surface area contributed by atoms with Gasteiger partial charge < -0.3 is 15.2 Å². The van der Waals surface area contributed by atoms with Crippen LogP contribution in [-0.4, -0.2) is 28.6 Å². The van der Waals surface area contributed by atoms with E-state index in [4.69, 9.17) is 4.74 Å². The highest BCUT2D eigenvalue weighted by atomic mass is 32.1. The summed E-state index contributed by atoms with van der Waals surface area (Å²) in [6.45, 7) is 2.45. The van der Waals surface area contributed by atoms with E-state index in [-0.39, 0.29) is 6.42 Å². The fraction of sp³-hybridized carbons (Fsp3) is 0.190. The molecule has 3 aromatic rings. The van der Waals surface area contributed by atoms with Crippen LogP contribution in [0.5, 0.6) is 5.75 Å². The quantitative estimate of drug-likeness (QED) is 0.562. The minimum absolute atomic E-state index is 0.200. The topological polar surface area (TPSA) is 88.5 Å². The molecule has 0 fully saturated rings. The average molecular weight is 432 g/mol. The lowest BCUT2D eigenvalue weighted by Gasteiger charge is -2.15. The predicted molar refractivity (Wildman–Crippen MR) is 107 cm³/mol. The summed E-state index contributed by atoms with van der Waals surface area (Å²) < 4.78 is 32.7. The molecule has 0 bridgehead atoms. The molecule has 0 saturated carbocycles. The van der Waals surface area contributed by atoms with Gasteiger partial charge in [-0.15, -0.1) is 11.3 Å². The van der Waals surface area contributed by atoms with Crippen molar-refractivity contribution in [3.8, 4) is 16.3 Å². The number of rotatable bonds is 8. The van der Waals surface area contributed by atoms with Crippen LogP contribution in [0.15, 0.2) is 47.8 Å². The van der Waals surface area contributed by atoms with Gasteiger partial charge in [-0.2, -0.15) is 0 Å². The molecule has 1 unspecified atom stereocenters. The van der Waals surface area contributed by atoms with Gasteiger partial charge in [-0.3, -0.25) is 4.79 Å². The van der Waals surface area contributed by atoms with E-state index in [9.17, 15) is 23.5 Å². The molecule has 9 heteroatoms. The van der Waals surface area contributed by atoms with Crippen molar-refractivity contribution in [3.05, 3.63) is 70.7 Å². The summed E-state index contributed by atoms with van der Waals surface area (Å²) >= 11 is 1.33. The number of benzene rings is 2. The van der Waals surface area contributed by atoms with E-state index < -0.39 is 35.1 Å². The van der Waals surface area contributed by atoms with Crippen molar-refractivity contribution in [1.82, 2.24) is 10.3 Å². The standard InChI is InChI=1S/C21H18F2N2O4S/c1-2-29-15-6-3-12(4-7-15)20-24-14(11-30-20)10-18(26)25-19(21(27)28)16-9-13(22)5-8-17(16)23/h3-9,11,19H,2,10H2,1H3,(H,25,26)(H,27,28). The first-order valence-corrected chi connectivity index (χ1v) is 9.90. The first kappa shape index (κ1) is 21.4. The van der Waals surface area contributed by atoms with Crippen LogP contribution in [0.25, 0.3) is 10.6 Å². The fourth-order valence-electron chi connectivity index (χ4n) is 2.77. The van der Waals surface area contributed by atoms with E-state index in [0.29, 0.717) is 17.3 Å². The fourth-order valence-corrected chi connectivity index (χ4v) is 3.59. The van der Waals surface area contributed by atoms with Crippen LogP contribution in [0, 0.1) is 11.6 Å². The highest BCUT2D eigenvalue weighted by molar-refractivity contribution is 7.13. The summed E-state index contributed by atoms with van der Waals surface area (Å²) in [5.74, 6) is -3.15. The lowest BCUT2D eigenvalue weighted by Crippen LogP contribution is -2.35. The number of nitrogens with one attached hydrogen (secondary N) is 1. The lowest BCUT2D eigenvalue weighted by atomic mass is 10.1. The number of aliphatic carboxylic acids is 1. The van der Waals surface area contributed by atoms with Gasteiger partial charge in [-0.1, -0.05) is 0 Å².